The van der Waals surface area contributed by atoms with Gasteiger partial charge in [-0.3, -0.25) is 8.98 Å². The van der Waals surface area contributed by atoms with Crippen LogP contribution in [0.5, 0.6) is 5.75 Å². The van der Waals surface area contributed by atoms with E-state index in [1.165, 1.54) is 0 Å². The van der Waals surface area contributed by atoms with Gasteiger partial charge in [0.15, 0.2) is 0 Å². The maximum atomic E-state index is 13.4. The lowest BCUT2D eigenvalue weighted by Gasteiger charge is -2.25. The number of halogens is 2. The summed E-state index contributed by atoms with van der Waals surface area (Å²) in [6.07, 6.45) is 2.54. The predicted molar refractivity (Wildman–Crippen MR) is 130 cm³/mol. The fraction of sp³-hybridized carbons (Fsp3) is 0.458. The van der Waals surface area contributed by atoms with Gasteiger partial charge in [-0.15, -0.1) is 0 Å². The number of rotatable bonds is 9. The van der Waals surface area contributed by atoms with E-state index >= 15 is 0 Å². The van der Waals surface area contributed by atoms with Crippen LogP contribution in [0.3, 0.4) is 0 Å². The van der Waals surface area contributed by atoms with Crippen molar-refractivity contribution in [1.82, 2.24) is 4.90 Å². The quantitative estimate of drug-likeness (QED) is 0.426. The molecule has 1 unspecified atom stereocenters. The van der Waals surface area contributed by atoms with Crippen molar-refractivity contribution in [3.05, 3.63) is 63.6 Å². The highest BCUT2D eigenvalue weighted by Gasteiger charge is 2.36. The molecule has 2 atom stereocenters. The topological polar surface area (TPSA) is 72.9 Å². The molecule has 0 aromatic heterocycles. The van der Waals surface area contributed by atoms with Crippen LogP contribution in [0.15, 0.2) is 42.5 Å². The van der Waals surface area contributed by atoms with Crippen LogP contribution in [0, 0.1) is 5.92 Å². The van der Waals surface area contributed by atoms with E-state index in [-0.39, 0.29) is 37.0 Å². The van der Waals surface area contributed by atoms with Crippen LogP contribution in [0.4, 0.5) is 0 Å². The maximum Gasteiger partial charge on any atom is 0.264 e. The molecular formula is C24H29Cl2NO5S. The highest BCUT2D eigenvalue weighted by molar-refractivity contribution is 7.85. The zero-order valence-corrected chi connectivity index (χ0v) is 21.3. The summed E-state index contributed by atoms with van der Waals surface area (Å²) in [5.41, 5.74) is 1.77. The molecule has 0 N–H and O–H groups in total. The molecule has 2 aromatic carbocycles. The van der Waals surface area contributed by atoms with Crippen LogP contribution in [0.1, 0.15) is 43.9 Å². The first kappa shape index (κ1) is 25.8. The summed E-state index contributed by atoms with van der Waals surface area (Å²) in [6.45, 7) is 4.52. The third-order valence-electron chi connectivity index (χ3n) is 5.49. The minimum Gasteiger partial charge on any atom is -0.491 e. The maximum absolute atomic E-state index is 13.4. The largest absolute Gasteiger partial charge is 0.491 e. The zero-order valence-electron chi connectivity index (χ0n) is 19.0. The number of hydrogen-bond acceptors (Lipinski definition) is 5. The smallest absolute Gasteiger partial charge is 0.264 e. The first-order valence-corrected chi connectivity index (χ1v) is 13.4. The fourth-order valence-electron chi connectivity index (χ4n) is 4.09. The van der Waals surface area contributed by atoms with Crippen LogP contribution >= 0.6 is 23.2 Å². The number of amides is 1. The Kier molecular flexibility index (Phi) is 8.67. The summed E-state index contributed by atoms with van der Waals surface area (Å²) in [5.74, 6) is 0.818. The van der Waals surface area contributed by atoms with Crippen molar-refractivity contribution < 1.29 is 22.1 Å². The normalized spacial score (nSPS) is 18.7. The second-order valence-corrected chi connectivity index (χ2v) is 11.1. The standard InChI is InChI=1S/C24H29Cl2NO5S/c1-16(2)32-20-6-4-5-17(11-20)13-24(28)27-15-18(9-10-31-33(3,29)30)12-23(27)19-7-8-21(25)22(26)14-19/h4-8,11,14,16,18,23H,9-10,12-13,15H2,1-3H3/t18-,23?/m1/s1. The van der Waals surface area contributed by atoms with Crippen LogP contribution in [-0.4, -0.2) is 44.7 Å². The fourth-order valence-corrected chi connectivity index (χ4v) is 4.79. The minimum atomic E-state index is -3.50. The van der Waals surface area contributed by atoms with Crippen molar-refractivity contribution in [2.75, 3.05) is 19.4 Å². The Morgan fingerprint density at radius 3 is 2.58 bits per heavy atom. The Morgan fingerprint density at radius 2 is 1.91 bits per heavy atom. The van der Waals surface area contributed by atoms with Crippen LogP contribution < -0.4 is 4.74 Å². The lowest BCUT2D eigenvalue weighted by molar-refractivity contribution is -0.131. The monoisotopic (exact) mass is 513 g/mol. The van der Waals surface area contributed by atoms with E-state index in [4.69, 9.17) is 32.1 Å². The molecule has 1 aliphatic heterocycles. The predicted octanol–water partition coefficient (Wildman–Crippen LogP) is 5.28. The van der Waals surface area contributed by atoms with Gasteiger partial charge >= 0.3 is 0 Å². The van der Waals surface area contributed by atoms with Gasteiger partial charge in [0, 0.05) is 6.54 Å². The molecule has 180 valence electrons. The van der Waals surface area contributed by atoms with Gasteiger partial charge in [-0.2, -0.15) is 8.42 Å². The average molecular weight is 514 g/mol. The van der Waals surface area contributed by atoms with E-state index in [1.807, 2.05) is 49.1 Å². The molecule has 1 heterocycles. The summed E-state index contributed by atoms with van der Waals surface area (Å²) >= 11 is 12.3. The summed E-state index contributed by atoms with van der Waals surface area (Å²) in [5, 5.41) is 0.889. The van der Waals surface area contributed by atoms with Crippen LogP contribution in [0.25, 0.3) is 0 Å². The molecule has 9 heteroatoms. The molecule has 0 aliphatic carbocycles. The zero-order chi connectivity index (χ0) is 24.2. The summed E-state index contributed by atoms with van der Waals surface area (Å²) in [7, 11) is -3.50. The number of carbonyl (C=O) groups is 1. The van der Waals surface area contributed by atoms with Crippen molar-refractivity contribution in [2.45, 2.75) is 45.3 Å². The first-order chi connectivity index (χ1) is 15.5. The highest BCUT2D eigenvalue weighted by atomic mass is 35.5. The van der Waals surface area contributed by atoms with E-state index in [1.54, 1.807) is 12.1 Å². The molecule has 1 amide bonds. The van der Waals surface area contributed by atoms with Gasteiger partial charge in [0.2, 0.25) is 5.91 Å². The Morgan fingerprint density at radius 1 is 1.15 bits per heavy atom. The molecule has 3 rings (SSSR count). The number of likely N-dealkylation sites (tertiary alicyclic amines) is 1. The summed E-state index contributed by atoms with van der Waals surface area (Å²) in [6, 6.07) is 12.8. The lowest BCUT2D eigenvalue weighted by atomic mass is 9.98. The molecule has 1 saturated heterocycles. The number of hydrogen-bond donors (Lipinski definition) is 0. The third kappa shape index (κ3) is 7.60. The van der Waals surface area contributed by atoms with Gasteiger partial charge in [0.1, 0.15) is 5.75 Å². The Balaban J connectivity index is 1.77. The highest BCUT2D eigenvalue weighted by Crippen LogP contribution is 2.39. The van der Waals surface area contributed by atoms with E-state index in [2.05, 4.69) is 0 Å². The van der Waals surface area contributed by atoms with Crippen molar-refractivity contribution in [1.29, 1.82) is 0 Å². The number of nitrogens with zero attached hydrogens (tertiary/aromatic N) is 1. The lowest BCUT2D eigenvalue weighted by Crippen LogP contribution is -2.32. The molecule has 0 saturated carbocycles. The molecular weight excluding hydrogens is 485 g/mol. The Bertz CT molecular complexity index is 1090. The Hall–Kier alpha value is -1.80. The van der Waals surface area contributed by atoms with E-state index < -0.39 is 10.1 Å². The third-order valence-corrected chi connectivity index (χ3v) is 6.82. The minimum absolute atomic E-state index is 0.0145. The number of benzene rings is 2. The Labute approximate surface area is 205 Å². The number of ether oxygens (including phenoxy) is 1. The van der Waals surface area contributed by atoms with Crippen LogP contribution in [-0.2, 0) is 25.5 Å². The molecule has 2 aromatic rings. The van der Waals surface area contributed by atoms with Gasteiger partial charge in [-0.05, 0) is 68.0 Å². The number of carbonyl (C=O) groups excluding carboxylic acids is 1. The second kappa shape index (κ2) is 11.1. The molecule has 1 aliphatic rings. The van der Waals surface area contributed by atoms with Crippen molar-refractivity contribution in [3.63, 3.8) is 0 Å². The van der Waals surface area contributed by atoms with Gasteiger partial charge in [-0.25, -0.2) is 0 Å². The van der Waals surface area contributed by atoms with Crippen molar-refractivity contribution in [3.8, 4) is 5.75 Å². The first-order valence-electron chi connectivity index (χ1n) is 10.9. The van der Waals surface area contributed by atoms with Gasteiger partial charge in [0.25, 0.3) is 10.1 Å². The molecule has 0 spiro atoms. The molecule has 0 radical (unpaired) electrons. The van der Waals surface area contributed by atoms with E-state index in [0.717, 1.165) is 23.1 Å². The summed E-state index contributed by atoms with van der Waals surface area (Å²) < 4.78 is 33.3. The van der Waals surface area contributed by atoms with Crippen LogP contribution in [0.2, 0.25) is 10.0 Å². The SMILES string of the molecule is CC(C)Oc1cccc(CC(=O)N2C[C@H](CCOS(C)(=O)=O)CC2c2ccc(Cl)c(Cl)c2)c1. The average Bonchev–Trinajstić information content (AvgIpc) is 3.13. The molecule has 6 nitrogen and oxygen atoms in total. The van der Waals surface area contributed by atoms with Gasteiger partial charge < -0.3 is 9.64 Å². The van der Waals surface area contributed by atoms with Crippen molar-refractivity contribution >= 4 is 39.2 Å². The summed E-state index contributed by atoms with van der Waals surface area (Å²) in [4.78, 5) is 15.2. The molecule has 33 heavy (non-hydrogen) atoms. The molecule has 1 fully saturated rings. The second-order valence-electron chi connectivity index (χ2n) is 8.64. The van der Waals surface area contributed by atoms with E-state index in [0.29, 0.717) is 29.4 Å². The van der Waals surface area contributed by atoms with E-state index in [9.17, 15) is 13.2 Å². The van der Waals surface area contributed by atoms with Gasteiger partial charge in [0.05, 0.1) is 41.5 Å². The van der Waals surface area contributed by atoms with Gasteiger partial charge in [-0.1, -0.05) is 41.4 Å². The van der Waals surface area contributed by atoms with Crippen molar-refractivity contribution in [2.24, 2.45) is 5.92 Å². The molecule has 0 bridgehead atoms.